The molecule has 0 atom stereocenters. The van der Waals surface area contributed by atoms with Crippen LogP contribution in [0, 0.1) is 0 Å². The van der Waals surface area contributed by atoms with Crippen molar-refractivity contribution in [1.82, 2.24) is 4.98 Å². The average molecular weight is 366 g/mol. The van der Waals surface area contributed by atoms with E-state index in [0.29, 0.717) is 0 Å². The SMILES string of the molecule is CC(=O)Nc1cccc(Nc2nc(-c3cccc(NC(C)=O)c3)cs2)c1. The normalized spacial score (nSPS) is 10.2. The molecule has 0 bridgehead atoms. The Hall–Kier alpha value is -3.19. The highest BCUT2D eigenvalue weighted by Gasteiger charge is 2.07. The lowest BCUT2D eigenvalue weighted by molar-refractivity contribution is -0.115. The quantitative estimate of drug-likeness (QED) is 0.622. The van der Waals surface area contributed by atoms with Gasteiger partial charge < -0.3 is 16.0 Å². The Kier molecular flexibility index (Phi) is 5.28. The first kappa shape index (κ1) is 17.6. The van der Waals surface area contributed by atoms with E-state index in [4.69, 9.17) is 0 Å². The van der Waals surface area contributed by atoms with Crippen LogP contribution < -0.4 is 16.0 Å². The highest BCUT2D eigenvalue weighted by Crippen LogP contribution is 2.29. The van der Waals surface area contributed by atoms with Crippen LogP contribution in [0.25, 0.3) is 11.3 Å². The summed E-state index contributed by atoms with van der Waals surface area (Å²) in [7, 11) is 0. The van der Waals surface area contributed by atoms with Gasteiger partial charge in [-0.3, -0.25) is 9.59 Å². The van der Waals surface area contributed by atoms with Gasteiger partial charge in [0.1, 0.15) is 0 Å². The van der Waals surface area contributed by atoms with Crippen LogP contribution in [-0.4, -0.2) is 16.8 Å². The Balaban J connectivity index is 1.76. The zero-order valence-corrected chi connectivity index (χ0v) is 15.2. The molecule has 0 saturated carbocycles. The van der Waals surface area contributed by atoms with Gasteiger partial charge >= 0.3 is 0 Å². The van der Waals surface area contributed by atoms with Gasteiger partial charge in [0.15, 0.2) is 5.13 Å². The van der Waals surface area contributed by atoms with Crippen LogP contribution >= 0.6 is 11.3 Å². The number of hydrogen-bond donors (Lipinski definition) is 3. The molecule has 0 unspecified atom stereocenters. The van der Waals surface area contributed by atoms with Crippen LogP contribution in [0.4, 0.5) is 22.2 Å². The maximum Gasteiger partial charge on any atom is 0.221 e. The number of aromatic nitrogens is 1. The smallest absolute Gasteiger partial charge is 0.221 e. The third-order valence-electron chi connectivity index (χ3n) is 3.42. The molecule has 3 aromatic rings. The zero-order valence-electron chi connectivity index (χ0n) is 14.4. The molecule has 1 aromatic heterocycles. The van der Waals surface area contributed by atoms with Crippen molar-refractivity contribution in [2.75, 3.05) is 16.0 Å². The number of carbonyl (C=O) groups excluding carboxylic acids is 2. The van der Waals surface area contributed by atoms with Gasteiger partial charge in [-0.2, -0.15) is 0 Å². The molecule has 0 aliphatic heterocycles. The molecular weight excluding hydrogens is 348 g/mol. The highest BCUT2D eigenvalue weighted by atomic mass is 32.1. The molecule has 2 aromatic carbocycles. The van der Waals surface area contributed by atoms with Crippen LogP contribution in [0.15, 0.2) is 53.9 Å². The molecule has 0 saturated heterocycles. The van der Waals surface area contributed by atoms with E-state index in [1.54, 1.807) is 0 Å². The van der Waals surface area contributed by atoms with Crippen molar-refractivity contribution in [1.29, 1.82) is 0 Å². The predicted octanol–water partition coefficient (Wildman–Crippen LogP) is 4.47. The molecule has 2 amide bonds. The third-order valence-corrected chi connectivity index (χ3v) is 4.17. The second-order valence-electron chi connectivity index (χ2n) is 5.69. The number of rotatable bonds is 5. The molecule has 0 spiro atoms. The minimum atomic E-state index is -0.113. The van der Waals surface area contributed by atoms with Gasteiger partial charge in [-0.15, -0.1) is 11.3 Å². The maximum absolute atomic E-state index is 11.2. The summed E-state index contributed by atoms with van der Waals surface area (Å²) < 4.78 is 0. The van der Waals surface area contributed by atoms with E-state index >= 15 is 0 Å². The number of hydrogen-bond acceptors (Lipinski definition) is 5. The summed E-state index contributed by atoms with van der Waals surface area (Å²) in [6.07, 6.45) is 0. The number of benzene rings is 2. The second kappa shape index (κ2) is 7.79. The minimum absolute atomic E-state index is 0.109. The lowest BCUT2D eigenvalue weighted by Gasteiger charge is -2.06. The van der Waals surface area contributed by atoms with Crippen LogP contribution in [0.3, 0.4) is 0 Å². The largest absolute Gasteiger partial charge is 0.331 e. The molecule has 3 rings (SSSR count). The minimum Gasteiger partial charge on any atom is -0.331 e. The van der Waals surface area contributed by atoms with Gasteiger partial charge in [0, 0.05) is 41.9 Å². The molecule has 0 aliphatic carbocycles. The number of thiazole rings is 1. The predicted molar refractivity (Wildman–Crippen MR) is 106 cm³/mol. The van der Waals surface area contributed by atoms with Gasteiger partial charge in [-0.1, -0.05) is 18.2 Å². The first-order valence-electron chi connectivity index (χ1n) is 7.98. The molecule has 0 radical (unpaired) electrons. The molecule has 0 fully saturated rings. The van der Waals surface area contributed by atoms with Crippen molar-refractivity contribution < 1.29 is 9.59 Å². The van der Waals surface area contributed by atoms with E-state index < -0.39 is 0 Å². The summed E-state index contributed by atoms with van der Waals surface area (Å²) >= 11 is 1.48. The van der Waals surface area contributed by atoms with Crippen molar-refractivity contribution in [3.63, 3.8) is 0 Å². The summed E-state index contributed by atoms with van der Waals surface area (Å²) in [6, 6.07) is 15.0. The molecule has 0 aliphatic rings. The molecule has 132 valence electrons. The van der Waals surface area contributed by atoms with Crippen molar-refractivity contribution in [2.45, 2.75) is 13.8 Å². The van der Waals surface area contributed by atoms with E-state index in [2.05, 4.69) is 20.9 Å². The Bertz CT molecular complexity index is 952. The molecule has 7 heteroatoms. The summed E-state index contributed by atoms with van der Waals surface area (Å²) in [5.41, 5.74) is 4.04. The van der Waals surface area contributed by atoms with E-state index in [-0.39, 0.29) is 11.8 Å². The summed E-state index contributed by atoms with van der Waals surface area (Å²) in [5, 5.41) is 11.5. The standard InChI is InChI=1S/C19H18N4O2S/c1-12(24)20-15-6-3-5-14(9-15)18-11-26-19(23-18)22-17-8-4-7-16(10-17)21-13(2)25/h3-11H,1-2H3,(H,20,24)(H,21,25)(H,22,23). The zero-order chi connectivity index (χ0) is 18.5. The van der Waals surface area contributed by atoms with Crippen molar-refractivity contribution in [3.8, 4) is 11.3 Å². The molecule has 26 heavy (non-hydrogen) atoms. The van der Waals surface area contributed by atoms with Crippen molar-refractivity contribution >= 4 is 45.3 Å². The average Bonchev–Trinajstić information content (AvgIpc) is 3.03. The van der Waals surface area contributed by atoms with Crippen molar-refractivity contribution in [2.24, 2.45) is 0 Å². The van der Waals surface area contributed by atoms with E-state index in [0.717, 1.165) is 33.5 Å². The summed E-state index contributed by atoms with van der Waals surface area (Å²) in [4.78, 5) is 27.0. The van der Waals surface area contributed by atoms with Gasteiger partial charge in [0.05, 0.1) is 5.69 Å². The number of nitrogens with zero attached hydrogens (tertiary/aromatic N) is 1. The van der Waals surface area contributed by atoms with E-state index in [1.165, 1.54) is 25.2 Å². The Labute approximate surface area is 155 Å². The van der Waals surface area contributed by atoms with Gasteiger partial charge in [-0.05, 0) is 30.3 Å². The molecule has 3 N–H and O–H groups in total. The lowest BCUT2D eigenvalue weighted by Crippen LogP contribution is -2.05. The summed E-state index contributed by atoms with van der Waals surface area (Å²) in [6.45, 7) is 2.95. The lowest BCUT2D eigenvalue weighted by atomic mass is 10.1. The Morgan fingerprint density at radius 2 is 1.50 bits per heavy atom. The van der Waals surface area contributed by atoms with E-state index in [1.807, 2.05) is 53.9 Å². The fraction of sp³-hybridized carbons (Fsp3) is 0.105. The molecular formula is C19H18N4O2S. The first-order valence-corrected chi connectivity index (χ1v) is 8.86. The van der Waals surface area contributed by atoms with E-state index in [9.17, 15) is 9.59 Å². The number of amides is 2. The van der Waals surface area contributed by atoms with Gasteiger partial charge in [0.2, 0.25) is 11.8 Å². The van der Waals surface area contributed by atoms with Crippen LogP contribution in [0.1, 0.15) is 13.8 Å². The number of nitrogens with one attached hydrogen (secondary N) is 3. The fourth-order valence-electron chi connectivity index (χ4n) is 2.42. The number of anilines is 4. The number of carbonyl (C=O) groups is 2. The third kappa shape index (κ3) is 4.67. The summed E-state index contributed by atoms with van der Waals surface area (Å²) in [5.74, 6) is -0.223. The first-order chi connectivity index (χ1) is 12.5. The topological polar surface area (TPSA) is 83.1 Å². The molecule has 1 heterocycles. The fourth-order valence-corrected chi connectivity index (χ4v) is 3.16. The second-order valence-corrected chi connectivity index (χ2v) is 6.54. The highest BCUT2D eigenvalue weighted by molar-refractivity contribution is 7.14. The van der Waals surface area contributed by atoms with Gasteiger partial charge in [-0.25, -0.2) is 4.98 Å². The Morgan fingerprint density at radius 1 is 0.885 bits per heavy atom. The van der Waals surface area contributed by atoms with Crippen LogP contribution in [0.2, 0.25) is 0 Å². The van der Waals surface area contributed by atoms with Gasteiger partial charge in [0.25, 0.3) is 0 Å². The monoisotopic (exact) mass is 366 g/mol. The van der Waals surface area contributed by atoms with Crippen LogP contribution in [0.5, 0.6) is 0 Å². The maximum atomic E-state index is 11.2. The Morgan fingerprint density at radius 3 is 2.19 bits per heavy atom. The molecule has 6 nitrogen and oxygen atoms in total. The van der Waals surface area contributed by atoms with Crippen LogP contribution in [-0.2, 0) is 9.59 Å². The van der Waals surface area contributed by atoms with Crippen molar-refractivity contribution in [3.05, 3.63) is 53.9 Å².